The fourth-order valence-electron chi connectivity index (χ4n) is 5.08. The lowest BCUT2D eigenvalue weighted by molar-refractivity contribution is 0.155. The van der Waals surface area contributed by atoms with Gasteiger partial charge in [-0.2, -0.15) is 0 Å². The van der Waals surface area contributed by atoms with Gasteiger partial charge < -0.3 is 5.32 Å². The molecule has 3 unspecified atom stereocenters. The zero-order chi connectivity index (χ0) is 15.5. The van der Waals surface area contributed by atoms with E-state index in [1.807, 2.05) is 0 Å². The van der Waals surface area contributed by atoms with Gasteiger partial charge in [-0.05, 0) is 53.1 Å². The van der Waals surface area contributed by atoms with Crippen molar-refractivity contribution in [1.82, 2.24) is 0 Å². The van der Waals surface area contributed by atoms with Gasteiger partial charge in [0.2, 0.25) is 0 Å². The van der Waals surface area contributed by atoms with Gasteiger partial charge in [0.1, 0.15) is 0 Å². The molecule has 1 N–H and O–H groups in total. The van der Waals surface area contributed by atoms with Crippen molar-refractivity contribution in [2.24, 2.45) is 16.7 Å². The first kappa shape index (κ1) is 14.9. The average molecular weight is 285 g/mol. The standard InChI is InChI=1S/C20H31N/c1-18(2,3)15-9-7-8-10-16(15)21-17-19(4,5)14-11-12-20(17,6)13-14/h7-10,14,17,21H,11-13H2,1-6H3. The summed E-state index contributed by atoms with van der Waals surface area (Å²) in [4.78, 5) is 0. The number of fused-ring (bicyclic) bond motifs is 2. The summed E-state index contributed by atoms with van der Waals surface area (Å²) in [5, 5.41) is 3.98. The number of nitrogens with one attached hydrogen (secondary N) is 1. The summed E-state index contributed by atoms with van der Waals surface area (Å²) < 4.78 is 0. The molecule has 1 aromatic rings. The van der Waals surface area contributed by atoms with Crippen molar-refractivity contribution in [3.8, 4) is 0 Å². The van der Waals surface area contributed by atoms with Gasteiger partial charge in [-0.15, -0.1) is 0 Å². The lowest BCUT2D eigenvalue weighted by Crippen LogP contribution is -2.46. The smallest absolute Gasteiger partial charge is 0.0380 e. The highest BCUT2D eigenvalue weighted by molar-refractivity contribution is 5.55. The van der Waals surface area contributed by atoms with Crippen LogP contribution in [0.1, 0.15) is 66.4 Å². The van der Waals surface area contributed by atoms with Gasteiger partial charge in [-0.1, -0.05) is 59.7 Å². The quantitative estimate of drug-likeness (QED) is 0.744. The molecule has 0 saturated heterocycles. The molecule has 1 nitrogen and oxygen atoms in total. The maximum absolute atomic E-state index is 3.98. The van der Waals surface area contributed by atoms with Crippen molar-refractivity contribution in [2.75, 3.05) is 5.32 Å². The van der Waals surface area contributed by atoms with Crippen LogP contribution in [0.3, 0.4) is 0 Å². The van der Waals surface area contributed by atoms with Crippen molar-refractivity contribution in [3.05, 3.63) is 29.8 Å². The summed E-state index contributed by atoms with van der Waals surface area (Å²) in [6, 6.07) is 9.48. The molecule has 0 heterocycles. The number of para-hydroxylation sites is 1. The summed E-state index contributed by atoms with van der Waals surface area (Å²) in [5.41, 5.74) is 3.84. The number of rotatable bonds is 2. The second kappa shape index (κ2) is 4.51. The average Bonchev–Trinajstić information content (AvgIpc) is 2.85. The van der Waals surface area contributed by atoms with Crippen LogP contribution in [0.5, 0.6) is 0 Å². The van der Waals surface area contributed by atoms with Crippen LogP contribution < -0.4 is 5.32 Å². The highest BCUT2D eigenvalue weighted by Gasteiger charge is 2.59. The van der Waals surface area contributed by atoms with E-state index in [0.29, 0.717) is 16.9 Å². The minimum absolute atomic E-state index is 0.187. The zero-order valence-electron chi connectivity index (χ0n) is 14.6. The van der Waals surface area contributed by atoms with Gasteiger partial charge in [-0.3, -0.25) is 0 Å². The first-order chi connectivity index (χ1) is 9.64. The molecule has 0 amide bonds. The number of hydrogen-bond donors (Lipinski definition) is 1. The van der Waals surface area contributed by atoms with Gasteiger partial charge in [0.25, 0.3) is 0 Å². The molecule has 3 atom stereocenters. The van der Waals surface area contributed by atoms with E-state index < -0.39 is 0 Å². The van der Waals surface area contributed by atoms with Crippen LogP contribution in [0.15, 0.2) is 24.3 Å². The normalized spacial score (nSPS) is 34.2. The highest BCUT2D eigenvalue weighted by atomic mass is 15.0. The van der Waals surface area contributed by atoms with E-state index in [2.05, 4.69) is 71.1 Å². The van der Waals surface area contributed by atoms with Crippen LogP contribution in [0, 0.1) is 16.7 Å². The van der Waals surface area contributed by atoms with Crippen LogP contribution in [-0.4, -0.2) is 6.04 Å². The summed E-state index contributed by atoms with van der Waals surface area (Å²) in [6.07, 6.45) is 4.20. The Morgan fingerprint density at radius 1 is 1.10 bits per heavy atom. The third-order valence-corrected chi connectivity index (χ3v) is 6.30. The van der Waals surface area contributed by atoms with Crippen molar-refractivity contribution < 1.29 is 0 Å². The van der Waals surface area contributed by atoms with Crippen LogP contribution >= 0.6 is 0 Å². The van der Waals surface area contributed by atoms with E-state index in [9.17, 15) is 0 Å². The van der Waals surface area contributed by atoms with Crippen molar-refractivity contribution in [1.29, 1.82) is 0 Å². The Bertz CT molecular complexity index is 532. The summed E-state index contributed by atoms with van der Waals surface area (Å²) in [6.45, 7) is 14.4. The van der Waals surface area contributed by atoms with Gasteiger partial charge in [-0.25, -0.2) is 0 Å². The van der Waals surface area contributed by atoms with E-state index in [1.54, 1.807) is 0 Å². The Morgan fingerprint density at radius 2 is 1.76 bits per heavy atom. The Labute approximate surface area is 130 Å². The molecule has 0 radical (unpaired) electrons. The van der Waals surface area contributed by atoms with E-state index in [1.165, 1.54) is 30.5 Å². The monoisotopic (exact) mass is 285 g/mol. The van der Waals surface area contributed by atoms with Crippen LogP contribution in [0.4, 0.5) is 5.69 Å². The fraction of sp³-hybridized carbons (Fsp3) is 0.700. The van der Waals surface area contributed by atoms with Crippen LogP contribution in [-0.2, 0) is 5.41 Å². The Balaban J connectivity index is 1.95. The Hall–Kier alpha value is -0.980. The second-order valence-corrected chi connectivity index (χ2v) is 9.29. The number of hydrogen-bond acceptors (Lipinski definition) is 1. The second-order valence-electron chi connectivity index (χ2n) is 9.29. The summed E-state index contributed by atoms with van der Waals surface area (Å²) in [5.74, 6) is 0.891. The van der Waals surface area contributed by atoms with Crippen molar-refractivity contribution >= 4 is 5.69 Å². The van der Waals surface area contributed by atoms with Crippen LogP contribution in [0.2, 0.25) is 0 Å². The highest BCUT2D eigenvalue weighted by Crippen LogP contribution is 2.63. The first-order valence-electron chi connectivity index (χ1n) is 8.51. The molecule has 0 aliphatic heterocycles. The Morgan fingerprint density at radius 3 is 2.33 bits per heavy atom. The maximum Gasteiger partial charge on any atom is 0.0380 e. The topological polar surface area (TPSA) is 12.0 Å². The van der Waals surface area contributed by atoms with Gasteiger partial charge in [0.15, 0.2) is 0 Å². The lowest BCUT2D eigenvalue weighted by Gasteiger charge is -2.44. The molecule has 116 valence electrons. The number of anilines is 1. The van der Waals surface area contributed by atoms with E-state index in [4.69, 9.17) is 0 Å². The maximum atomic E-state index is 3.98. The molecule has 0 spiro atoms. The van der Waals surface area contributed by atoms with Gasteiger partial charge >= 0.3 is 0 Å². The molecule has 2 saturated carbocycles. The SMILES string of the molecule is CC(C)(C)c1ccccc1NC1C2(C)CCC(C2)C1(C)C. The molecular formula is C20H31N. The summed E-state index contributed by atoms with van der Waals surface area (Å²) in [7, 11) is 0. The van der Waals surface area contributed by atoms with Crippen molar-refractivity contribution in [2.45, 2.75) is 72.3 Å². The molecule has 2 bridgehead atoms. The molecule has 2 aliphatic carbocycles. The summed E-state index contributed by atoms with van der Waals surface area (Å²) >= 11 is 0. The predicted molar refractivity (Wildman–Crippen MR) is 91.8 cm³/mol. The third-order valence-electron chi connectivity index (χ3n) is 6.30. The molecule has 1 aromatic carbocycles. The largest absolute Gasteiger partial charge is 0.381 e. The molecular weight excluding hydrogens is 254 g/mol. The molecule has 2 fully saturated rings. The third kappa shape index (κ3) is 2.29. The number of benzene rings is 1. The van der Waals surface area contributed by atoms with Gasteiger partial charge in [0, 0.05) is 11.7 Å². The van der Waals surface area contributed by atoms with E-state index in [0.717, 1.165) is 5.92 Å². The minimum atomic E-state index is 0.187. The zero-order valence-corrected chi connectivity index (χ0v) is 14.6. The fourth-order valence-corrected chi connectivity index (χ4v) is 5.08. The molecule has 1 heteroatoms. The lowest BCUT2D eigenvalue weighted by atomic mass is 9.68. The van der Waals surface area contributed by atoms with Crippen LogP contribution in [0.25, 0.3) is 0 Å². The first-order valence-corrected chi connectivity index (χ1v) is 8.51. The minimum Gasteiger partial charge on any atom is -0.381 e. The van der Waals surface area contributed by atoms with Crippen molar-refractivity contribution in [3.63, 3.8) is 0 Å². The molecule has 0 aromatic heterocycles. The Kier molecular flexibility index (Phi) is 3.21. The molecule has 2 aliphatic rings. The van der Waals surface area contributed by atoms with Gasteiger partial charge in [0.05, 0.1) is 0 Å². The van der Waals surface area contributed by atoms with E-state index >= 15 is 0 Å². The van der Waals surface area contributed by atoms with E-state index in [-0.39, 0.29) is 5.41 Å². The molecule has 3 rings (SSSR count). The predicted octanol–water partition coefficient (Wildman–Crippen LogP) is 5.61. The molecule has 21 heavy (non-hydrogen) atoms.